The molecular formula is C15H24N2O2. The Morgan fingerprint density at radius 1 is 1.11 bits per heavy atom. The molecule has 1 aromatic carbocycles. The van der Waals surface area contributed by atoms with Gasteiger partial charge in [0.2, 0.25) is 0 Å². The van der Waals surface area contributed by atoms with Crippen LogP contribution in [0.3, 0.4) is 0 Å². The SMILES string of the molecule is COc1ccc(NCCN2CCCCC2)c(OC)c1. The largest absolute Gasteiger partial charge is 0.497 e. The monoisotopic (exact) mass is 264 g/mol. The average Bonchev–Trinajstić information content (AvgIpc) is 2.48. The first-order valence-corrected chi connectivity index (χ1v) is 7.02. The Bertz CT molecular complexity index is 390. The standard InChI is InChI=1S/C15H24N2O2/c1-18-13-6-7-14(15(12-13)19-2)16-8-11-17-9-4-3-5-10-17/h6-7,12,16H,3-5,8-11H2,1-2H3. The zero-order chi connectivity index (χ0) is 13.5. The van der Waals surface area contributed by atoms with Crippen molar-refractivity contribution in [2.75, 3.05) is 45.7 Å². The van der Waals surface area contributed by atoms with E-state index < -0.39 is 0 Å². The number of nitrogens with one attached hydrogen (secondary N) is 1. The second-order valence-corrected chi connectivity index (χ2v) is 4.90. The summed E-state index contributed by atoms with van der Waals surface area (Å²) in [5.41, 5.74) is 1.03. The molecule has 0 atom stereocenters. The highest BCUT2D eigenvalue weighted by molar-refractivity contribution is 5.59. The topological polar surface area (TPSA) is 33.7 Å². The highest BCUT2D eigenvalue weighted by Gasteiger charge is 2.10. The van der Waals surface area contributed by atoms with E-state index in [1.54, 1.807) is 14.2 Å². The zero-order valence-electron chi connectivity index (χ0n) is 11.9. The third-order valence-electron chi connectivity index (χ3n) is 3.60. The first-order chi connectivity index (χ1) is 9.33. The number of hydrogen-bond donors (Lipinski definition) is 1. The van der Waals surface area contributed by atoms with Crippen molar-refractivity contribution >= 4 is 5.69 Å². The lowest BCUT2D eigenvalue weighted by molar-refractivity contribution is 0.237. The van der Waals surface area contributed by atoms with E-state index in [-0.39, 0.29) is 0 Å². The zero-order valence-corrected chi connectivity index (χ0v) is 11.9. The Kier molecular flexibility index (Phi) is 5.33. The van der Waals surface area contributed by atoms with Crippen molar-refractivity contribution in [2.24, 2.45) is 0 Å². The molecule has 0 bridgehead atoms. The van der Waals surface area contributed by atoms with Gasteiger partial charge in [-0.25, -0.2) is 0 Å². The number of benzene rings is 1. The molecule has 1 N–H and O–H groups in total. The van der Waals surface area contributed by atoms with Gasteiger partial charge in [0, 0.05) is 19.2 Å². The minimum atomic E-state index is 0.818. The van der Waals surface area contributed by atoms with Crippen molar-refractivity contribution in [2.45, 2.75) is 19.3 Å². The molecule has 106 valence electrons. The van der Waals surface area contributed by atoms with E-state index in [9.17, 15) is 0 Å². The lowest BCUT2D eigenvalue weighted by Crippen LogP contribution is -2.33. The van der Waals surface area contributed by atoms with E-state index in [1.165, 1.54) is 32.4 Å². The fourth-order valence-electron chi connectivity index (χ4n) is 2.48. The van der Waals surface area contributed by atoms with Crippen LogP contribution in [0.1, 0.15) is 19.3 Å². The van der Waals surface area contributed by atoms with Crippen molar-refractivity contribution in [3.8, 4) is 11.5 Å². The quantitative estimate of drug-likeness (QED) is 0.856. The lowest BCUT2D eigenvalue weighted by Gasteiger charge is -2.26. The third-order valence-corrected chi connectivity index (χ3v) is 3.60. The molecule has 0 aromatic heterocycles. The first-order valence-electron chi connectivity index (χ1n) is 7.02. The van der Waals surface area contributed by atoms with Crippen molar-refractivity contribution in [1.82, 2.24) is 4.90 Å². The van der Waals surface area contributed by atoms with Crippen LogP contribution in [0.25, 0.3) is 0 Å². The highest BCUT2D eigenvalue weighted by atomic mass is 16.5. The van der Waals surface area contributed by atoms with Crippen LogP contribution in [0.4, 0.5) is 5.69 Å². The van der Waals surface area contributed by atoms with Gasteiger partial charge in [-0.1, -0.05) is 6.42 Å². The van der Waals surface area contributed by atoms with Gasteiger partial charge in [-0.05, 0) is 38.1 Å². The van der Waals surface area contributed by atoms with Gasteiger partial charge in [0.15, 0.2) is 0 Å². The average molecular weight is 264 g/mol. The van der Waals surface area contributed by atoms with Crippen LogP contribution in [-0.4, -0.2) is 45.3 Å². The maximum Gasteiger partial charge on any atom is 0.145 e. The molecule has 0 amide bonds. The Hall–Kier alpha value is -1.42. The molecule has 0 radical (unpaired) electrons. The fraction of sp³-hybridized carbons (Fsp3) is 0.600. The number of methoxy groups -OCH3 is 2. The van der Waals surface area contributed by atoms with E-state index in [4.69, 9.17) is 9.47 Å². The third kappa shape index (κ3) is 4.03. The summed E-state index contributed by atoms with van der Waals surface area (Å²) in [6.07, 6.45) is 4.06. The summed E-state index contributed by atoms with van der Waals surface area (Å²) in [6, 6.07) is 5.86. The van der Waals surface area contributed by atoms with Gasteiger partial charge in [-0.15, -0.1) is 0 Å². The molecule has 0 saturated carbocycles. The molecule has 1 aliphatic rings. The lowest BCUT2D eigenvalue weighted by atomic mass is 10.1. The van der Waals surface area contributed by atoms with Crippen LogP contribution < -0.4 is 14.8 Å². The second kappa shape index (κ2) is 7.24. The molecule has 1 saturated heterocycles. The summed E-state index contributed by atoms with van der Waals surface area (Å²) in [5.74, 6) is 1.65. The van der Waals surface area contributed by atoms with Crippen molar-refractivity contribution < 1.29 is 9.47 Å². The number of ether oxygens (including phenoxy) is 2. The van der Waals surface area contributed by atoms with Crippen LogP contribution >= 0.6 is 0 Å². The molecule has 0 unspecified atom stereocenters. The van der Waals surface area contributed by atoms with Gasteiger partial charge >= 0.3 is 0 Å². The van der Waals surface area contributed by atoms with Crippen LogP contribution in [0.15, 0.2) is 18.2 Å². The van der Waals surface area contributed by atoms with Crippen LogP contribution in [0.2, 0.25) is 0 Å². The molecular weight excluding hydrogens is 240 g/mol. The molecule has 19 heavy (non-hydrogen) atoms. The predicted octanol–water partition coefficient (Wildman–Crippen LogP) is 2.60. The van der Waals surface area contributed by atoms with Crippen LogP contribution in [0.5, 0.6) is 11.5 Å². The summed E-state index contributed by atoms with van der Waals surface area (Å²) < 4.78 is 10.6. The summed E-state index contributed by atoms with van der Waals surface area (Å²) in [7, 11) is 3.35. The Labute approximate surface area is 115 Å². The van der Waals surface area contributed by atoms with Gasteiger partial charge in [0.05, 0.1) is 19.9 Å². The van der Waals surface area contributed by atoms with E-state index in [0.717, 1.165) is 30.3 Å². The minimum Gasteiger partial charge on any atom is -0.497 e. The summed E-state index contributed by atoms with van der Waals surface area (Å²) in [6.45, 7) is 4.51. The maximum absolute atomic E-state index is 5.37. The smallest absolute Gasteiger partial charge is 0.145 e. The highest BCUT2D eigenvalue weighted by Crippen LogP contribution is 2.28. The number of rotatable bonds is 6. The number of piperidine rings is 1. The molecule has 0 spiro atoms. The molecule has 1 heterocycles. The summed E-state index contributed by atoms with van der Waals surface area (Å²) in [5, 5.41) is 3.44. The van der Waals surface area contributed by atoms with E-state index in [0.29, 0.717) is 0 Å². The summed E-state index contributed by atoms with van der Waals surface area (Å²) in [4.78, 5) is 2.52. The molecule has 4 heteroatoms. The van der Waals surface area contributed by atoms with E-state index in [2.05, 4.69) is 10.2 Å². The first kappa shape index (κ1) is 14.0. The number of hydrogen-bond acceptors (Lipinski definition) is 4. The fourth-order valence-corrected chi connectivity index (χ4v) is 2.48. The van der Waals surface area contributed by atoms with Gasteiger partial charge in [-0.2, -0.15) is 0 Å². The Morgan fingerprint density at radius 3 is 2.58 bits per heavy atom. The van der Waals surface area contributed by atoms with Gasteiger partial charge < -0.3 is 19.7 Å². The number of likely N-dealkylation sites (tertiary alicyclic amines) is 1. The number of nitrogens with zero attached hydrogens (tertiary/aromatic N) is 1. The molecule has 0 aliphatic carbocycles. The van der Waals surface area contributed by atoms with Crippen LogP contribution in [-0.2, 0) is 0 Å². The molecule has 1 fully saturated rings. The Balaban J connectivity index is 1.84. The molecule has 2 rings (SSSR count). The second-order valence-electron chi connectivity index (χ2n) is 4.90. The van der Waals surface area contributed by atoms with Gasteiger partial charge in [0.25, 0.3) is 0 Å². The normalized spacial score (nSPS) is 16.1. The van der Waals surface area contributed by atoms with Crippen molar-refractivity contribution in [3.63, 3.8) is 0 Å². The minimum absolute atomic E-state index is 0.818. The molecule has 1 aliphatic heterocycles. The Morgan fingerprint density at radius 2 is 1.89 bits per heavy atom. The van der Waals surface area contributed by atoms with E-state index in [1.807, 2.05) is 18.2 Å². The van der Waals surface area contributed by atoms with Crippen molar-refractivity contribution in [3.05, 3.63) is 18.2 Å². The van der Waals surface area contributed by atoms with Gasteiger partial charge in [0.1, 0.15) is 11.5 Å². The summed E-state index contributed by atoms with van der Waals surface area (Å²) >= 11 is 0. The van der Waals surface area contributed by atoms with E-state index >= 15 is 0 Å². The number of anilines is 1. The van der Waals surface area contributed by atoms with Gasteiger partial charge in [-0.3, -0.25) is 0 Å². The predicted molar refractivity (Wildman–Crippen MR) is 78.3 cm³/mol. The molecule has 1 aromatic rings. The van der Waals surface area contributed by atoms with Crippen molar-refractivity contribution in [1.29, 1.82) is 0 Å². The van der Waals surface area contributed by atoms with Crippen LogP contribution in [0, 0.1) is 0 Å². The maximum atomic E-state index is 5.37. The molecule has 4 nitrogen and oxygen atoms in total.